The van der Waals surface area contributed by atoms with Crippen LogP contribution in [0, 0.1) is 0 Å². The van der Waals surface area contributed by atoms with Crippen LogP contribution in [-0.2, 0) is 4.74 Å². The third-order valence-electron chi connectivity index (χ3n) is 1.50. The molecular formula is C6H7NO2. The van der Waals surface area contributed by atoms with E-state index in [1.165, 1.54) is 0 Å². The van der Waals surface area contributed by atoms with Gasteiger partial charge in [-0.15, -0.1) is 0 Å². The minimum absolute atomic E-state index is 0.465. The minimum atomic E-state index is 0.465. The molecule has 0 N–H and O–H groups in total. The van der Waals surface area contributed by atoms with Gasteiger partial charge in [-0.05, 0) is 0 Å². The lowest BCUT2D eigenvalue weighted by Gasteiger charge is -2.22. The molecular weight excluding hydrogens is 118 g/mol. The van der Waals surface area contributed by atoms with E-state index in [2.05, 4.69) is 5.16 Å². The lowest BCUT2D eigenvalue weighted by molar-refractivity contribution is -0.00227. The Morgan fingerprint density at radius 1 is 1.56 bits per heavy atom. The van der Waals surface area contributed by atoms with Gasteiger partial charge in [-0.2, -0.15) is 0 Å². The first kappa shape index (κ1) is 4.99. The zero-order valence-corrected chi connectivity index (χ0v) is 4.91. The SMILES string of the molecule is c1cc(C2COC2)on1. The highest BCUT2D eigenvalue weighted by atomic mass is 16.5. The molecule has 3 heteroatoms. The Bertz CT molecular complexity index is 179. The lowest BCUT2D eigenvalue weighted by atomic mass is 10.1. The summed E-state index contributed by atoms with van der Waals surface area (Å²) in [6.45, 7) is 1.57. The third-order valence-corrected chi connectivity index (χ3v) is 1.50. The van der Waals surface area contributed by atoms with E-state index in [4.69, 9.17) is 9.26 Å². The van der Waals surface area contributed by atoms with Gasteiger partial charge in [0.25, 0.3) is 0 Å². The molecule has 0 unspecified atom stereocenters. The molecule has 0 radical (unpaired) electrons. The maximum Gasteiger partial charge on any atom is 0.144 e. The summed E-state index contributed by atoms with van der Waals surface area (Å²) in [5.74, 6) is 1.41. The van der Waals surface area contributed by atoms with E-state index in [1.54, 1.807) is 6.20 Å². The molecule has 2 rings (SSSR count). The number of ether oxygens (including phenoxy) is 1. The minimum Gasteiger partial charge on any atom is -0.380 e. The number of hydrogen-bond donors (Lipinski definition) is 0. The van der Waals surface area contributed by atoms with Crippen LogP contribution in [0.4, 0.5) is 0 Å². The standard InChI is InChI=1S/C6H7NO2/c1-2-7-9-6(1)5-3-8-4-5/h1-2,5H,3-4H2. The zero-order chi connectivity index (χ0) is 6.10. The number of hydrogen-bond acceptors (Lipinski definition) is 3. The normalized spacial score (nSPS) is 19.6. The molecule has 1 aromatic heterocycles. The van der Waals surface area contributed by atoms with E-state index >= 15 is 0 Å². The number of rotatable bonds is 1. The van der Waals surface area contributed by atoms with Gasteiger partial charge >= 0.3 is 0 Å². The first-order chi connectivity index (χ1) is 4.47. The summed E-state index contributed by atoms with van der Waals surface area (Å²) in [7, 11) is 0. The van der Waals surface area contributed by atoms with Crippen molar-refractivity contribution in [2.24, 2.45) is 0 Å². The molecule has 3 nitrogen and oxygen atoms in total. The smallest absolute Gasteiger partial charge is 0.144 e. The fourth-order valence-corrected chi connectivity index (χ4v) is 0.836. The molecule has 9 heavy (non-hydrogen) atoms. The first-order valence-electron chi connectivity index (χ1n) is 2.95. The third kappa shape index (κ3) is 0.733. The van der Waals surface area contributed by atoms with E-state index < -0.39 is 0 Å². The fraction of sp³-hybridized carbons (Fsp3) is 0.500. The van der Waals surface area contributed by atoms with E-state index in [0.29, 0.717) is 5.92 Å². The van der Waals surface area contributed by atoms with Gasteiger partial charge < -0.3 is 9.26 Å². The maximum absolute atomic E-state index is 4.97. The molecule has 1 saturated heterocycles. The molecule has 0 spiro atoms. The molecule has 2 heterocycles. The van der Waals surface area contributed by atoms with Gasteiger partial charge in [0.2, 0.25) is 0 Å². The molecule has 48 valence electrons. The fourth-order valence-electron chi connectivity index (χ4n) is 0.836. The zero-order valence-electron chi connectivity index (χ0n) is 4.91. The average molecular weight is 125 g/mol. The van der Waals surface area contributed by atoms with Crippen molar-refractivity contribution in [3.05, 3.63) is 18.0 Å². The Kier molecular flexibility index (Phi) is 1.02. The highest BCUT2D eigenvalue weighted by molar-refractivity contribution is 5.04. The summed E-state index contributed by atoms with van der Waals surface area (Å²) in [6, 6.07) is 1.88. The van der Waals surface area contributed by atoms with Crippen LogP contribution in [0.1, 0.15) is 11.7 Å². The summed E-state index contributed by atoms with van der Waals surface area (Å²) in [5.41, 5.74) is 0. The largest absolute Gasteiger partial charge is 0.380 e. The van der Waals surface area contributed by atoms with Gasteiger partial charge in [-0.1, -0.05) is 5.16 Å². The van der Waals surface area contributed by atoms with Crippen LogP contribution in [0.5, 0.6) is 0 Å². The van der Waals surface area contributed by atoms with Crippen LogP contribution in [-0.4, -0.2) is 18.4 Å². The summed E-state index contributed by atoms with van der Waals surface area (Å²) in [4.78, 5) is 0. The second kappa shape index (κ2) is 1.84. The Hall–Kier alpha value is -0.830. The van der Waals surface area contributed by atoms with Gasteiger partial charge in [-0.3, -0.25) is 0 Å². The monoisotopic (exact) mass is 125 g/mol. The molecule has 0 atom stereocenters. The molecule has 0 bridgehead atoms. The molecule has 1 aliphatic rings. The predicted octanol–water partition coefficient (Wildman–Crippen LogP) is 0.788. The summed E-state index contributed by atoms with van der Waals surface area (Å²) >= 11 is 0. The van der Waals surface area contributed by atoms with Crippen molar-refractivity contribution in [1.29, 1.82) is 0 Å². The van der Waals surface area contributed by atoms with Gasteiger partial charge in [0.15, 0.2) is 0 Å². The van der Waals surface area contributed by atoms with E-state index in [9.17, 15) is 0 Å². The van der Waals surface area contributed by atoms with Gasteiger partial charge in [0, 0.05) is 6.07 Å². The second-order valence-electron chi connectivity index (χ2n) is 2.15. The van der Waals surface area contributed by atoms with E-state index in [-0.39, 0.29) is 0 Å². The molecule has 1 aliphatic heterocycles. The first-order valence-corrected chi connectivity index (χ1v) is 2.95. The summed E-state index contributed by atoms with van der Waals surface area (Å²) < 4.78 is 9.88. The molecule has 1 fully saturated rings. The van der Waals surface area contributed by atoms with Crippen molar-refractivity contribution < 1.29 is 9.26 Å². The molecule has 0 aliphatic carbocycles. The van der Waals surface area contributed by atoms with Gasteiger partial charge in [0.1, 0.15) is 5.76 Å². The maximum atomic E-state index is 4.97. The van der Waals surface area contributed by atoms with Crippen LogP contribution < -0.4 is 0 Å². The Balaban J connectivity index is 2.14. The average Bonchev–Trinajstić information content (AvgIpc) is 2.11. The van der Waals surface area contributed by atoms with Crippen LogP contribution in [0.2, 0.25) is 0 Å². The van der Waals surface area contributed by atoms with Crippen molar-refractivity contribution in [2.75, 3.05) is 13.2 Å². The van der Waals surface area contributed by atoms with Crippen molar-refractivity contribution >= 4 is 0 Å². The van der Waals surface area contributed by atoms with Crippen LogP contribution in [0.25, 0.3) is 0 Å². The molecule has 1 aromatic rings. The number of aromatic nitrogens is 1. The highest BCUT2D eigenvalue weighted by Gasteiger charge is 2.23. The van der Waals surface area contributed by atoms with Crippen molar-refractivity contribution in [3.8, 4) is 0 Å². The Morgan fingerprint density at radius 2 is 2.44 bits per heavy atom. The van der Waals surface area contributed by atoms with Crippen LogP contribution >= 0.6 is 0 Å². The molecule has 0 saturated carbocycles. The molecule has 0 aromatic carbocycles. The highest BCUT2D eigenvalue weighted by Crippen LogP contribution is 2.22. The Labute approximate surface area is 52.6 Å². The lowest BCUT2D eigenvalue weighted by Crippen LogP contribution is -2.24. The van der Waals surface area contributed by atoms with E-state index in [1.807, 2.05) is 6.07 Å². The summed E-state index contributed by atoms with van der Waals surface area (Å²) in [5, 5.41) is 3.59. The second-order valence-corrected chi connectivity index (χ2v) is 2.15. The molecule has 0 amide bonds. The van der Waals surface area contributed by atoms with Crippen molar-refractivity contribution in [3.63, 3.8) is 0 Å². The van der Waals surface area contributed by atoms with Crippen LogP contribution in [0.3, 0.4) is 0 Å². The van der Waals surface area contributed by atoms with Crippen molar-refractivity contribution in [2.45, 2.75) is 5.92 Å². The predicted molar refractivity (Wildman–Crippen MR) is 30.1 cm³/mol. The summed E-state index contributed by atoms with van der Waals surface area (Å²) in [6.07, 6.45) is 1.66. The quantitative estimate of drug-likeness (QED) is 0.556. The number of nitrogens with zero attached hydrogens (tertiary/aromatic N) is 1. The van der Waals surface area contributed by atoms with Gasteiger partial charge in [0.05, 0.1) is 25.3 Å². The Morgan fingerprint density at radius 3 is 2.89 bits per heavy atom. The van der Waals surface area contributed by atoms with E-state index in [0.717, 1.165) is 19.0 Å². The topological polar surface area (TPSA) is 35.3 Å². The van der Waals surface area contributed by atoms with Crippen molar-refractivity contribution in [1.82, 2.24) is 5.16 Å². The van der Waals surface area contributed by atoms with Crippen LogP contribution in [0.15, 0.2) is 16.8 Å². The van der Waals surface area contributed by atoms with Gasteiger partial charge in [-0.25, -0.2) is 0 Å².